The number of rotatable bonds is 5. The molecule has 0 saturated carbocycles. The van der Waals surface area contributed by atoms with Crippen LogP contribution in [0.1, 0.15) is 31.7 Å². The SMILES string of the molecule is CCCC(O)CCc1cccc(O)c1O. The molecule has 1 atom stereocenters. The van der Waals surface area contributed by atoms with E-state index in [2.05, 4.69) is 0 Å². The van der Waals surface area contributed by atoms with Crippen molar-refractivity contribution in [1.82, 2.24) is 0 Å². The van der Waals surface area contributed by atoms with Gasteiger partial charge < -0.3 is 15.3 Å². The maximum absolute atomic E-state index is 9.53. The molecular formula is C12H18O3. The molecule has 3 N–H and O–H groups in total. The minimum Gasteiger partial charge on any atom is -0.504 e. The summed E-state index contributed by atoms with van der Waals surface area (Å²) in [6.07, 6.45) is 2.61. The van der Waals surface area contributed by atoms with Crippen LogP contribution in [0.5, 0.6) is 11.5 Å². The molecule has 0 amide bonds. The molecule has 0 aliphatic carbocycles. The van der Waals surface area contributed by atoms with E-state index in [0.29, 0.717) is 18.4 Å². The van der Waals surface area contributed by atoms with Gasteiger partial charge >= 0.3 is 0 Å². The largest absolute Gasteiger partial charge is 0.504 e. The molecule has 84 valence electrons. The lowest BCUT2D eigenvalue weighted by molar-refractivity contribution is 0.153. The van der Waals surface area contributed by atoms with E-state index in [-0.39, 0.29) is 17.6 Å². The summed E-state index contributed by atoms with van der Waals surface area (Å²) in [5, 5.41) is 28.3. The summed E-state index contributed by atoms with van der Waals surface area (Å²) in [4.78, 5) is 0. The maximum atomic E-state index is 9.53. The average Bonchev–Trinajstić information content (AvgIpc) is 2.21. The summed E-state index contributed by atoms with van der Waals surface area (Å²) in [7, 11) is 0. The van der Waals surface area contributed by atoms with Gasteiger partial charge in [0.25, 0.3) is 0 Å². The fourth-order valence-electron chi connectivity index (χ4n) is 1.58. The number of para-hydroxylation sites is 1. The Balaban J connectivity index is 2.54. The second kappa shape index (κ2) is 5.61. The molecule has 3 nitrogen and oxygen atoms in total. The summed E-state index contributed by atoms with van der Waals surface area (Å²) in [5.41, 5.74) is 0.685. The highest BCUT2D eigenvalue weighted by Gasteiger charge is 2.08. The minimum absolute atomic E-state index is 0.0683. The normalized spacial score (nSPS) is 12.7. The molecule has 1 rings (SSSR count). The van der Waals surface area contributed by atoms with Gasteiger partial charge in [-0.1, -0.05) is 25.5 Å². The molecule has 1 unspecified atom stereocenters. The molecule has 0 spiro atoms. The number of aliphatic hydroxyl groups excluding tert-OH is 1. The average molecular weight is 210 g/mol. The lowest BCUT2D eigenvalue weighted by Gasteiger charge is -2.10. The Bertz CT molecular complexity index is 310. The Labute approximate surface area is 90.0 Å². The monoisotopic (exact) mass is 210 g/mol. The van der Waals surface area contributed by atoms with E-state index in [1.54, 1.807) is 12.1 Å². The zero-order chi connectivity index (χ0) is 11.3. The zero-order valence-corrected chi connectivity index (χ0v) is 8.98. The highest BCUT2D eigenvalue weighted by atomic mass is 16.3. The van der Waals surface area contributed by atoms with Gasteiger partial charge in [0, 0.05) is 0 Å². The van der Waals surface area contributed by atoms with E-state index in [0.717, 1.165) is 12.8 Å². The quantitative estimate of drug-likeness (QED) is 0.653. The molecular weight excluding hydrogens is 192 g/mol. The van der Waals surface area contributed by atoms with E-state index >= 15 is 0 Å². The number of aromatic hydroxyl groups is 2. The van der Waals surface area contributed by atoms with E-state index in [1.807, 2.05) is 6.92 Å². The van der Waals surface area contributed by atoms with Crippen LogP contribution in [-0.2, 0) is 6.42 Å². The molecule has 0 aromatic heterocycles. The standard InChI is InChI=1S/C12H18O3/c1-2-4-10(13)8-7-9-5-3-6-11(14)12(9)15/h3,5-6,10,13-15H,2,4,7-8H2,1H3. The molecule has 1 aromatic rings. The first-order valence-corrected chi connectivity index (χ1v) is 5.33. The van der Waals surface area contributed by atoms with Crippen LogP contribution in [0.25, 0.3) is 0 Å². The van der Waals surface area contributed by atoms with Gasteiger partial charge in [-0.05, 0) is 30.9 Å². The van der Waals surface area contributed by atoms with Gasteiger partial charge in [-0.25, -0.2) is 0 Å². The summed E-state index contributed by atoms with van der Waals surface area (Å²) in [5.74, 6) is -0.168. The molecule has 0 bridgehead atoms. The van der Waals surface area contributed by atoms with Crippen LogP contribution in [0.3, 0.4) is 0 Å². The minimum atomic E-state index is -0.322. The highest BCUT2D eigenvalue weighted by Crippen LogP contribution is 2.29. The van der Waals surface area contributed by atoms with Gasteiger partial charge in [0.15, 0.2) is 11.5 Å². The van der Waals surface area contributed by atoms with Crippen LogP contribution in [0.4, 0.5) is 0 Å². The number of aliphatic hydroxyl groups is 1. The summed E-state index contributed by atoms with van der Waals surface area (Å²) >= 11 is 0. The van der Waals surface area contributed by atoms with Crippen LogP contribution < -0.4 is 0 Å². The van der Waals surface area contributed by atoms with Crippen LogP contribution in [0.15, 0.2) is 18.2 Å². The Morgan fingerprint density at radius 3 is 2.60 bits per heavy atom. The van der Waals surface area contributed by atoms with Crippen molar-refractivity contribution >= 4 is 0 Å². The van der Waals surface area contributed by atoms with Crippen LogP contribution in [-0.4, -0.2) is 21.4 Å². The van der Waals surface area contributed by atoms with Crippen molar-refractivity contribution in [2.75, 3.05) is 0 Å². The zero-order valence-electron chi connectivity index (χ0n) is 8.98. The van der Waals surface area contributed by atoms with Gasteiger partial charge in [-0.15, -0.1) is 0 Å². The van der Waals surface area contributed by atoms with Crippen molar-refractivity contribution in [3.63, 3.8) is 0 Å². The number of aryl methyl sites for hydroxylation is 1. The Hall–Kier alpha value is -1.22. The van der Waals surface area contributed by atoms with E-state index in [9.17, 15) is 15.3 Å². The first kappa shape index (κ1) is 11.9. The lowest BCUT2D eigenvalue weighted by atomic mass is 10.0. The topological polar surface area (TPSA) is 60.7 Å². The second-order valence-corrected chi connectivity index (χ2v) is 3.77. The van der Waals surface area contributed by atoms with Gasteiger partial charge in [0.05, 0.1) is 6.10 Å². The van der Waals surface area contributed by atoms with Crippen molar-refractivity contribution < 1.29 is 15.3 Å². The fourth-order valence-corrected chi connectivity index (χ4v) is 1.58. The highest BCUT2D eigenvalue weighted by molar-refractivity contribution is 5.44. The molecule has 1 aromatic carbocycles. The van der Waals surface area contributed by atoms with Crippen molar-refractivity contribution in [2.45, 2.75) is 38.7 Å². The van der Waals surface area contributed by atoms with E-state index in [1.165, 1.54) is 6.07 Å². The predicted octanol–water partition coefficient (Wildman–Crippen LogP) is 2.19. The third-order valence-electron chi connectivity index (χ3n) is 2.47. The number of phenolic OH excluding ortho intramolecular Hbond substituents is 2. The molecule has 15 heavy (non-hydrogen) atoms. The molecule has 0 radical (unpaired) electrons. The molecule has 0 heterocycles. The third kappa shape index (κ3) is 3.44. The molecule has 0 aliphatic rings. The number of hydrogen-bond acceptors (Lipinski definition) is 3. The molecule has 3 heteroatoms. The Morgan fingerprint density at radius 2 is 1.93 bits per heavy atom. The first-order valence-electron chi connectivity index (χ1n) is 5.33. The van der Waals surface area contributed by atoms with Gasteiger partial charge in [-0.3, -0.25) is 0 Å². The summed E-state index contributed by atoms with van der Waals surface area (Å²) < 4.78 is 0. The van der Waals surface area contributed by atoms with E-state index in [4.69, 9.17) is 0 Å². The second-order valence-electron chi connectivity index (χ2n) is 3.77. The smallest absolute Gasteiger partial charge is 0.160 e. The molecule has 0 fully saturated rings. The van der Waals surface area contributed by atoms with Crippen LogP contribution >= 0.6 is 0 Å². The van der Waals surface area contributed by atoms with Crippen molar-refractivity contribution in [1.29, 1.82) is 0 Å². The van der Waals surface area contributed by atoms with Gasteiger partial charge in [0.2, 0.25) is 0 Å². The summed E-state index contributed by atoms with van der Waals surface area (Å²) in [6.45, 7) is 2.02. The third-order valence-corrected chi connectivity index (χ3v) is 2.47. The van der Waals surface area contributed by atoms with Crippen molar-refractivity contribution in [2.24, 2.45) is 0 Å². The Kier molecular flexibility index (Phi) is 4.43. The Morgan fingerprint density at radius 1 is 1.20 bits per heavy atom. The van der Waals surface area contributed by atoms with Crippen LogP contribution in [0, 0.1) is 0 Å². The van der Waals surface area contributed by atoms with Crippen LogP contribution in [0.2, 0.25) is 0 Å². The maximum Gasteiger partial charge on any atom is 0.160 e. The van der Waals surface area contributed by atoms with Gasteiger partial charge in [-0.2, -0.15) is 0 Å². The van der Waals surface area contributed by atoms with E-state index < -0.39 is 0 Å². The van der Waals surface area contributed by atoms with Crippen molar-refractivity contribution in [3.05, 3.63) is 23.8 Å². The number of benzene rings is 1. The molecule has 0 aliphatic heterocycles. The fraction of sp³-hybridized carbons (Fsp3) is 0.500. The first-order chi connectivity index (χ1) is 7.15. The van der Waals surface area contributed by atoms with Gasteiger partial charge in [0.1, 0.15) is 0 Å². The predicted molar refractivity (Wildman–Crippen MR) is 59.0 cm³/mol. The molecule has 0 saturated heterocycles. The van der Waals surface area contributed by atoms with Crippen molar-refractivity contribution in [3.8, 4) is 11.5 Å². The lowest BCUT2D eigenvalue weighted by Crippen LogP contribution is -2.07. The number of hydrogen-bond donors (Lipinski definition) is 3. The summed E-state index contributed by atoms with van der Waals surface area (Å²) in [6, 6.07) is 4.89. The number of phenols is 2.